The number of nitrogens with zero attached hydrogens (tertiary/aromatic N) is 4. The number of nitriles is 1. The number of fused-ring (bicyclic) bond motifs is 1. The summed E-state index contributed by atoms with van der Waals surface area (Å²) in [4.78, 5) is 8.40. The fourth-order valence-electron chi connectivity index (χ4n) is 2.47. The summed E-state index contributed by atoms with van der Waals surface area (Å²) in [5, 5.41) is 9.56. The van der Waals surface area contributed by atoms with E-state index in [0.29, 0.717) is 22.5 Å². The lowest BCUT2D eigenvalue weighted by molar-refractivity contribution is 0.441. The van der Waals surface area contributed by atoms with E-state index in [1.54, 1.807) is 30.6 Å². The maximum Gasteiger partial charge on any atom is 0.182 e. The minimum Gasteiger partial charge on any atom is -0.453 e. The number of halogens is 1. The lowest BCUT2D eigenvalue weighted by Gasteiger charge is -2.17. The standard InChI is InChI=1S/C19H18FN5OS/c1-3-10-25(2)27-24-16-7-5-15(20)19(14(16)12-21)26-13-4-6-17-18(11-13)23-9-8-22-17/h4-9,11,24H,3,10H2,1-2H3. The summed E-state index contributed by atoms with van der Waals surface area (Å²) >= 11 is 1.34. The summed E-state index contributed by atoms with van der Waals surface area (Å²) in [6, 6.07) is 9.90. The number of hydrogen-bond acceptors (Lipinski definition) is 7. The van der Waals surface area contributed by atoms with Crippen LogP contribution in [0.5, 0.6) is 11.5 Å². The molecule has 2 aromatic carbocycles. The van der Waals surface area contributed by atoms with Crippen molar-refractivity contribution in [1.82, 2.24) is 14.3 Å². The van der Waals surface area contributed by atoms with Gasteiger partial charge in [-0.15, -0.1) is 0 Å². The third-order valence-corrected chi connectivity index (χ3v) is 4.54. The van der Waals surface area contributed by atoms with Gasteiger partial charge >= 0.3 is 0 Å². The van der Waals surface area contributed by atoms with E-state index < -0.39 is 5.82 Å². The van der Waals surface area contributed by atoms with E-state index in [1.807, 2.05) is 17.4 Å². The Morgan fingerprint density at radius 1 is 1.22 bits per heavy atom. The Labute approximate surface area is 161 Å². The van der Waals surface area contributed by atoms with Crippen molar-refractivity contribution in [3.63, 3.8) is 0 Å². The van der Waals surface area contributed by atoms with Crippen LogP contribution < -0.4 is 9.46 Å². The molecule has 0 bridgehead atoms. The molecule has 0 unspecified atom stereocenters. The highest BCUT2D eigenvalue weighted by molar-refractivity contribution is 7.98. The van der Waals surface area contributed by atoms with Gasteiger partial charge in [-0.05, 0) is 37.7 Å². The van der Waals surface area contributed by atoms with Crippen LogP contribution >= 0.6 is 12.1 Å². The first-order valence-corrected chi connectivity index (χ1v) is 9.15. The smallest absolute Gasteiger partial charge is 0.182 e. The second-order valence-corrected chi connectivity index (χ2v) is 6.77. The summed E-state index contributed by atoms with van der Waals surface area (Å²) in [5.74, 6) is -0.348. The van der Waals surface area contributed by atoms with Gasteiger partial charge in [-0.25, -0.2) is 8.70 Å². The third-order valence-electron chi connectivity index (χ3n) is 3.73. The van der Waals surface area contributed by atoms with Crippen LogP contribution in [0.2, 0.25) is 0 Å². The molecule has 27 heavy (non-hydrogen) atoms. The molecule has 0 fully saturated rings. The Hall–Kier alpha value is -2.89. The average Bonchev–Trinajstić information content (AvgIpc) is 2.68. The van der Waals surface area contributed by atoms with Crippen LogP contribution in [0.25, 0.3) is 11.0 Å². The molecule has 0 spiro atoms. The quantitative estimate of drug-likeness (QED) is 0.590. The van der Waals surface area contributed by atoms with Gasteiger partial charge in [0.15, 0.2) is 11.6 Å². The number of anilines is 1. The highest BCUT2D eigenvalue weighted by atomic mass is 32.2. The van der Waals surface area contributed by atoms with Crippen molar-refractivity contribution >= 4 is 28.9 Å². The highest BCUT2D eigenvalue weighted by Crippen LogP contribution is 2.34. The Kier molecular flexibility index (Phi) is 6.06. The zero-order valence-electron chi connectivity index (χ0n) is 14.9. The van der Waals surface area contributed by atoms with Crippen LogP contribution in [0.15, 0.2) is 42.7 Å². The van der Waals surface area contributed by atoms with E-state index in [1.165, 1.54) is 24.3 Å². The summed E-state index contributed by atoms with van der Waals surface area (Å²) in [5.41, 5.74) is 1.92. The Balaban J connectivity index is 1.89. The van der Waals surface area contributed by atoms with E-state index in [-0.39, 0.29) is 11.3 Å². The summed E-state index contributed by atoms with van der Waals surface area (Å²) in [6.45, 7) is 2.96. The van der Waals surface area contributed by atoms with Crippen molar-refractivity contribution in [1.29, 1.82) is 5.26 Å². The molecule has 1 aromatic heterocycles. The molecule has 0 saturated carbocycles. The van der Waals surface area contributed by atoms with Gasteiger partial charge < -0.3 is 9.46 Å². The highest BCUT2D eigenvalue weighted by Gasteiger charge is 2.17. The molecule has 1 N–H and O–H groups in total. The molecule has 0 aliphatic carbocycles. The Morgan fingerprint density at radius 3 is 2.74 bits per heavy atom. The molecule has 6 nitrogen and oxygen atoms in total. The van der Waals surface area contributed by atoms with E-state index in [0.717, 1.165) is 13.0 Å². The van der Waals surface area contributed by atoms with Gasteiger partial charge in [0.25, 0.3) is 0 Å². The van der Waals surface area contributed by atoms with Crippen molar-refractivity contribution in [3.8, 4) is 17.6 Å². The minimum absolute atomic E-state index is 0.103. The molecule has 138 valence electrons. The lowest BCUT2D eigenvalue weighted by atomic mass is 10.1. The van der Waals surface area contributed by atoms with E-state index >= 15 is 0 Å². The lowest BCUT2D eigenvalue weighted by Crippen LogP contribution is -2.13. The number of nitrogens with one attached hydrogen (secondary N) is 1. The van der Waals surface area contributed by atoms with Crippen LogP contribution in [0.1, 0.15) is 18.9 Å². The molecule has 8 heteroatoms. The Bertz CT molecular complexity index is 991. The van der Waals surface area contributed by atoms with Crippen LogP contribution in [0.4, 0.5) is 10.1 Å². The first-order valence-electron chi connectivity index (χ1n) is 8.37. The van der Waals surface area contributed by atoms with Crippen molar-refractivity contribution in [2.45, 2.75) is 13.3 Å². The van der Waals surface area contributed by atoms with Gasteiger partial charge in [0.05, 0.1) is 16.7 Å². The fourth-order valence-corrected chi connectivity index (χ4v) is 3.16. The predicted octanol–water partition coefficient (Wildman–Crippen LogP) is 4.75. The largest absolute Gasteiger partial charge is 0.453 e. The molecule has 0 aliphatic rings. The maximum atomic E-state index is 14.4. The van der Waals surface area contributed by atoms with Gasteiger partial charge in [0, 0.05) is 37.1 Å². The first kappa shape index (κ1) is 18.9. The number of ether oxygens (including phenoxy) is 1. The molecule has 3 aromatic rings. The van der Waals surface area contributed by atoms with Gasteiger partial charge in [0.1, 0.15) is 17.4 Å². The summed E-state index contributed by atoms with van der Waals surface area (Å²) in [6.07, 6.45) is 4.17. The van der Waals surface area contributed by atoms with Crippen LogP contribution in [-0.4, -0.2) is 27.9 Å². The van der Waals surface area contributed by atoms with Crippen molar-refractivity contribution in [3.05, 3.63) is 54.1 Å². The molecule has 0 aliphatic heterocycles. The van der Waals surface area contributed by atoms with Gasteiger partial charge in [-0.3, -0.25) is 9.97 Å². The number of rotatable bonds is 7. The second kappa shape index (κ2) is 8.66. The number of aromatic nitrogens is 2. The van der Waals surface area contributed by atoms with Crippen molar-refractivity contribution in [2.75, 3.05) is 18.3 Å². The Morgan fingerprint density at radius 2 is 2.00 bits per heavy atom. The predicted molar refractivity (Wildman–Crippen MR) is 105 cm³/mol. The maximum absolute atomic E-state index is 14.4. The molecular formula is C19H18FN5OS. The number of hydrogen-bond donors (Lipinski definition) is 1. The fraction of sp³-hybridized carbons (Fsp3) is 0.211. The van der Waals surface area contributed by atoms with Gasteiger partial charge in [-0.2, -0.15) is 5.26 Å². The normalized spacial score (nSPS) is 10.8. The molecule has 0 amide bonds. The minimum atomic E-state index is -0.608. The summed E-state index contributed by atoms with van der Waals surface area (Å²) < 4.78 is 25.2. The third kappa shape index (κ3) is 4.45. The zero-order valence-corrected chi connectivity index (χ0v) is 15.8. The van der Waals surface area contributed by atoms with Gasteiger partial charge in [-0.1, -0.05) is 6.92 Å². The van der Waals surface area contributed by atoms with Crippen LogP contribution in [-0.2, 0) is 0 Å². The summed E-state index contributed by atoms with van der Waals surface area (Å²) in [7, 11) is 1.93. The first-order chi connectivity index (χ1) is 13.1. The van der Waals surface area contributed by atoms with Crippen LogP contribution in [0.3, 0.4) is 0 Å². The number of benzene rings is 2. The molecule has 0 saturated heterocycles. The van der Waals surface area contributed by atoms with Crippen molar-refractivity contribution < 1.29 is 9.13 Å². The van der Waals surface area contributed by atoms with E-state index in [4.69, 9.17) is 4.74 Å². The topological polar surface area (TPSA) is 74.1 Å². The second-order valence-electron chi connectivity index (χ2n) is 5.76. The van der Waals surface area contributed by atoms with E-state index in [9.17, 15) is 9.65 Å². The van der Waals surface area contributed by atoms with E-state index in [2.05, 4.69) is 21.6 Å². The molecule has 0 radical (unpaired) electrons. The SMILES string of the molecule is CCCN(C)SNc1ccc(F)c(Oc2ccc3nccnc3c2)c1C#N. The average molecular weight is 383 g/mol. The zero-order chi connectivity index (χ0) is 19.2. The molecule has 0 atom stereocenters. The van der Waals surface area contributed by atoms with Crippen LogP contribution in [0, 0.1) is 17.1 Å². The monoisotopic (exact) mass is 383 g/mol. The molecule has 3 rings (SSSR count). The van der Waals surface area contributed by atoms with Crippen molar-refractivity contribution in [2.24, 2.45) is 0 Å². The molecular weight excluding hydrogens is 365 g/mol. The molecule has 1 heterocycles. The van der Waals surface area contributed by atoms with Gasteiger partial charge in [0.2, 0.25) is 0 Å².